The molecule has 0 spiro atoms. The fourth-order valence-corrected chi connectivity index (χ4v) is 2.11. The maximum atomic E-state index is 9.45. The average Bonchev–Trinajstić information content (AvgIpc) is 2.37. The second-order valence-electron chi connectivity index (χ2n) is 3.82. The van der Waals surface area contributed by atoms with Crippen LogP contribution in [0.3, 0.4) is 0 Å². The molecule has 0 amide bonds. The molecule has 1 unspecified atom stereocenters. The Morgan fingerprint density at radius 2 is 2.00 bits per heavy atom. The van der Waals surface area contributed by atoms with Crippen molar-refractivity contribution in [2.24, 2.45) is 0 Å². The molecule has 94 valence electrons. The summed E-state index contributed by atoms with van der Waals surface area (Å²) in [7, 11) is 0. The highest BCUT2D eigenvalue weighted by atomic mass is 79.9. The van der Waals surface area contributed by atoms with Gasteiger partial charge < -0.3 is 10.4 Å². The largest absolute Gasteiger partial charge is 0.394 e. The van der Waals surface area contributed by atoms with E-state index < -0.39 is 0 Å². The maximum Gasteiger partial charge on any atom is 0.0745 e. The van der Waals surface area contributed by atoms with E-state index in [1.54, 1.807) is 24.5 Å². The van der Waals surface area contributed by atoms with Crippen molar-refractivity contribution in [1.29, 1.82) is 0 Å². The molecule has 2 aromatic rings. The molecule has 0 bridgehead atoms. The lowest BCUT2D eigenvalue weighted by Gasteiger charge is -2.18. The summed E-state index contributed by atoms with van der Waals surface area (Å²) in [6.07, 6.45) is 3.42. The van der Waals surface area contributed by atoms with Gasteiger partial charge in [0, 0.05) is 15.7 Å². The van der Waals surface area contributed by atoms with Crippen molar-refractivity contribution < 1.29 is 5.11 Å². The average molecular weight is 328 g/mol. The van der Waals surface area contributed by atoms with Gasteiger partial charge in [0.1, 0.15) is 0 Å². The van der Waals surface area contributed by atoms with Crippen molar-refractivity contribution in [3.8, 4) is 0 Å². The topological polar surface area (TPSA) is 45.1 Å². The molecule has 0 fully saturated rings. The number of aromatic nitrogens is 1. The first-order valence-corrected chi connectivity index (χ1v) is 6.59. The fraction of sp³-hybridized carbons (Fsp3) is 0.154. The van der Waals surface area contributed by atoms with Gasteiger partial charge in [-0.15, -0.1) is 0 Å². The Labute approximate surface area is 119 Å². The van der Waals surface area contributed by atoms with Gasteiger partial charge in [-0.3, -0.25) is 4.98 Å². The van der Waals surface area contributed by atoms with Crippen LogP contribution in [0.1, 0.15) is 11.6 Å². The Morgan fingerprint density at radius 3 is 2.61 bits per heavy atom. The molecule has 1 atom stereocenters. The van der Waals surface area contributed by atoms with E-state index in [1.165, 1.54) is 0 Å². The maximum absolute atomic E-state index is 9.45. The van der Waals surface area contributed by atoms with Crippen molar-refractivity contribution in [3.63, 3.8) is 0 Å². The van der Waals surface area contributed by atoms with E-state index >= 15 is 0 Å². The lowest BCUT2D eigenvalue weighted by molar-refractivity contribution is 0.276. The molecular formula is C13H12BrClN2O. The number of nitrogens with one attached hydrogen (secondary N) is 1. The van der Waals surface area contributed by atoms with Gasteiger partial charge >= 0.3 is 0 Å². The molecule has 1 aromatic carbocycles. The first-order chi connectivity index (χ1) is 8.69. The summed E-state index contributed by atoms with van der Waals surface area (Å²) < 4.78 is 0.889. The smallest absolute Gasteiger partial charge is 0.0745 e. The quantitative estimate of drug-likeness (QED) is 0.901. The minimum Gasteiger partial charge on any atom is -0.394 e. The zero-order valence-electron chi connectivity index (χ0n) is 9.48. The summed E-state index contributed by atoms with van der Waals surface area (Å²) in [5.74, 6) is 0. The van der Waals surface area contributed by atoms with Crippen molar-refractivity contribution in [2.45, 2.75) is 6.04 Å². The van der Waals surface area contributed by atoms with Crippen LogP contribution in [-0.4, -0.2) is 16.7 Å². The summed E-state index contributed by atoms with van der Waals surface area (Å²) in [6, 6.07) is 9.12. The molecule has 0 saturated carbocycles. The number of hydrogen-bond acceptors (Lipinski definition) is 3. The first kappa shape index (κ1) is 13.3. The van der Waals surface area contributed by atoms with E-state index in [-0.39, 0.29) is 12.6 Å². The summed E-state index contributed by atoms with van der Waals surface area (Å²) in [5, 5.41) is 13.4. The predicted octanol–water partition coefficient (Wildman–Crippen LogP) is 3.64. The first-order valence-electron chi connectivity index (χ1n) is 5.42. The molecule has 1 aromatic heterocycles. The Kier molecular flexibility index (Phi) is 4.58. The van der Waals surface area contributed by atoms with E-state index in [9.17, 15) is 5.11 Å². The molecule has 0 radical (unpaired) electrons. The van der Waals surface area contributed by atoms with Gasteiger partial charge in [-0.1, -0.05) is 23.7 Å². The Hall–Kier alpha value is -1.10. The molecule has 1 heterocycles. The normalized spacial score (nSPS) is 12.2. The number of pyridine rings is 1. The van der Waals surface area contributed by atoms with E-state index in [0.717, 1.165) is 15.7 Å². The SMILES string of the molecule is OCC(Nc1cncc(Br)c1)c1ccc(Cl)cc1. The highest BCUT2D eigenvalue weighted by Gasteiger charge is 2.10. The third kappa shape index (κ3) is 3.45. The molecule has 5 heteroatoms. The summed E-state index contributed by atoms with van der Waals surface area (Å²) in [6.45, 7) is -0.00581. The number of anilines is 1. The molecule has 0 saturated heterocycles. The van der Waals surface area contributed by atoms with Crippen molar-refractivity contribution >= 4 is 33.2 Å². The van der Waals surface area contributed by atoms with Crippen LogP contribution >= 0.6 is 27.5 Å². The van der Waals surface area contributed by atoms with Crippen molar-refractivity contribution in [1.82, 2.24) is 4.98 Å². The molecule has 0 aliphatic heterocycles. The minimum atomic E-state index is -0.182. The lowest BCUT2D eigenvalue weighted by atomic mass is 10.1. The Morgan fingerprint density at radius 1 is 1.28 bits per heavy atom. The van der Waals surface area contributed by atoms with E-state index in [4.69, 9.17) is 11.6 Å². The summed E-state index contributed by atoms with van der Waals surface area (Å²) in [5.41, 5.74) is 1.82. The molecule has 3 nitrogen and oxygen atoms in total. The van der Waals surface area contributed by atoms with Crippen LogP contribution in [0.5, 0.6) is 0 Å². The van der Waals surface area contributed by atoms with Crippen LogP contribution in [0, 0.1) is 0 Å². The van der Waals surface area contributed by atoms with Crippen LogP contribution < -0.4 is 5.32 Å². The third-order valence-electron chi connectivity index (χ3n) is 2.50. The molecule has 2 N–H and O–H groups in total. The summed E-state index contributed by atoms with van der Waals surface area (Å²) >= 11 is 9.20. The van der Waals surface area contributed by atoms with Crippen LogP contribution in [0.2, 0.25) is 5.02 Å². The zero-order chi connectivity index (χ0) is 13.0. The van der Waals surface area contributed by atoms with E-state index in [0.29, 0.717) is 5.02 Å². The van der Waals surface area contributed by atoms with Crippen molar-refractivity contribution in [2.75, 3.05) is 11.9 Å². The summed E-state index contributed by atoms with van der Waals surface area (Å²) in [4.78, 5) is 4.07. The highest BCUT2D eigenvalue weighted by Crippen LogP contribution is 2.22. The van der Waals surface area contributed by atoms with Gasteiger partial charge in [0.15, 0.2) is 0 Å². The lowest BCUT2D eigenvalue weighted by Crippen LogP contribution is -2.14. The number of aliphatic hydroxyl groups excluding tert-OH is 1. The molecule has 0 aliphatic rings. The highest BCUT2D eigenvalue weighted by molar-refractivity contribution is 9.10. The van der Waals surface area contributed by atoms with Crippen LogP contribution in [0.15, 0.2) is 47.2 Å². The van der Waals surface area contributed by atoms with Crippen molar-refractivity contribution in [3.05, 3.63) is 57.8 Å². The third-order valence-corrected chi connectivity index (χ3v) is 3.19. The van der Waals surface area contributed by atoms with Gasteiger partial charge in [0.25, 0.3) is 0 Å². The van der Waals surface area contributed by atoms with E-state index in [2.05, 4.69) is 26.2 Å². The fourth-order valence-electron chi connectivity index (χ4n) is 1.62. The number of benzene rings is 1. The predicted molar refractivity (Wildman–Crippen MR) is 76.8 cm³/mol. The molecule has 2 rings (SSSR count). The van der Waals surface area contributed by atoms with Gasteiger partial charge in [-0.2, -0.15) is 0 Å². The number of aliphatic hydroxyl groups is 1. The minimum absolute atomic E-state index is 0.00581. The zero-order valence-corrected chi connectivity index (χ0v) is 11.8. The standard InChI is InChI=1S/C13H12BrClN2O/c14-10-5-12(7-16-6-10)17-13(8-18)9-1-3-11(15)4-2-9/h1-7,13,17-18H,8H2. The van der Waals surface area contributed by atoms with E-state index in [1.807, 2.05) is 18.2 Å². The molecule has 0 aliphatic carbocycles. The number of hydrogen-bond donors (Lipinski definition) is 2. The van der Waals surface area contributed by atoms with Gasteiger partial charge in [-0.25, -0.2) is 0 Å². The van der Waals surface area contributed by atoms with Gasteiger partial charge in [0.2, 0.25) is 0 Å². The van der Waals surface area contributed by atoms with Gasteiger partial charge in [-0.05, 0) is 39.7 Å². The van der Waals surface area contributed by atoms with Crippen LogP contribution in [-0.2, 0) is 0 Å². The molecule has 18 heavy (non-hydrogen) atoms. The second-order valence-corrected chi connectivity index (χ2v) is 5.17. The number of rotatable bonds is 4. The second kappa shape index (κ2) is 6.18. The number of halogens is 2. The Bertz CT molecular complexity index is 519. The monoisotopic (exact) mass is 326 g/mol. The molecular weight excluding hydrogens is 316 g/mol. The van der Waals surface area contributed by atoms with Crippen LogP contribution in [0.4, 0.5) is 5.69 Å². The number of nitrogens with zero attached hydrogens (tertiary/aromatic N) is 1. The Balaban J connectivity index is 2.17. The van der Waals surface area contributed by atoms with Gasteiger partial charge in [0.05, 0.1) is 24.5 Å². The van der Waals surface area contributed by atoms with Crippen LogP contribution in [0.25, 0.3) is 0 Å².